The molecule has 0 spiro atoms. The third kappa shape index (κ3) is 19.2. The molecule has 0 saturated heterocycles. The van der Waals surface area contributed by atoms with Gasteiger partial charge in [0.1, 0.15) is 0 Å². The van der Waals surface area contributed by atoms with Crippen molar-refractivity contribution in [2.24, 2.45) is 161 Å². The zero-order chi connectivity index (χ0) is 87.9. The predicted octanol–water partition coefficient (Wildman–Crippen LogP) is 18.7. The van der Waals surface area contributed by atoms with Gasteiger partial charge in [-0.25, -0.2) is 0 Å². The molecule has 35 atom stereocenters. The second-order valence-electron chi connectivity index (χ2n) is 47.4. The number of carboxylic acid groups (broad SMARTS) is 3. The summed E-state index contributed by atoms with van der Waals surface area (Å²) in [4.78, 5) is 79.0. The number of fused-ring (bicyclic) bond motifs is 15. The minimum absolute atomic E-state index is 0.0245. The summed E-state index contributed by atoms with van der Waals surface area (Å²) in [5, 5.41) is 98.9. The Bertz CT molecular complexity index is 3390. The smallest absolute Gasteiger partial charge is 0.303 e. The van der Waals surface area contributed by atoms with Crippen LogP contribution in [0.5, 0.6) is 0 Å². The van der Waals surface area contributed by atoms with E-state index in [1.54, 1.807) is 0 Å². The second-order valence-corrected chi connectivity index (χ2v) is 47.4. The molecule has 13 aliphatic carbocycles. The van der Waals surface area contributed by atoms with Gasteiger partial charge in [0.05, 0.1) is 42.7 Å². The molecular weight excluding hydrogens is 1540 g/mol. The van der Waals surface area contributed by atoms with Crippen molar-refractivity contribution in [1.29, 1.82) is 0 Å². The van der Waals surface area contributed by atoms with Crippen molar-refractivity contribution in [3.8, 4) is 0 Å². The summed E-state index contributed by atoms with van der Waals surface area (Å²) in [5.41, 5.74) is -3.34. The molecule has 0 aromatic heterocycles. The molecule has 13 aliphatic rings. The number of carbonyl (C=O) groups excluding carboxylic acids is 3. The Balaban J connectivity index is 0.545. The van der Waals surface area contributed by atoms with Crippen molar-refractivity contribution in [3.63, 3.8) is 0 Å². The summed E-state index contributed by atoms with van der Waals surface area (Å²) in [6.45, 7) is 29.8. The van der Waals surface area contributed by atoms with E-state index in [0.717, 1.165) is 206 Å². The Morgan fingerprint density at radius 1 is 0.352 bits per heavy atom. The molecule has 0 aliphatic heterocycles. The first-order valence-electron chi connectivity index (χ1n) is 50.9. The highest BCUT2D eigenvalue weighted by Gasteiger charge is 2.70. The van der Waals surface area contributed by atoms with Crippen molar-refractivity contribution in [3.05, 3.63) is 0 Å². The van der Waals surface area contributed by atoms with Gasteiger partial charge in [0.15, 0.2) is 0 Å². The van der Waals surface area contributed by atoms with E-state index < -0.39 is 52.5 Å². The molecule has 19 heteroatoms. The molecule has 13 fully saturated rings. The zero-order valence-corrected chi connectivity index (χ0v) is 78.2. The molecule has 13 saturated carbocycles. The SMILES string of the molecule is C[C@H](CCC(=O)O)[C@H]1CC[C@H]2[C@H]3C(C[C@H](O)[C@]12C)[C@@]1(C)CCC(CCCCCCCNC(=O)C2(C)CC(C)(C(=O)NCCCCCCO[C@H]4CC[C@@]5(C)[C@@H](C4)C[C@@H](O)[C@@H]4[C@@H]5C[C@H](O)[C@]5(C)[C@@H]([C@H](C)CCC(=O)O)CC[C@@H]45)CC(C)(C(=O)NCCCCCCO[C@H]4CC[C@]5(C)C6C[C@H](O)[C@]7(C)[C@@H]([C@H](C)CCC(=O)O)CC[C@H]7[C@@H]6CC[C@@H]5C4)C2)C[C@H]1C[C@H]3O. The van der Waals surface area contributed by atoms with Crippen LogP contribution in [0.3, 0.4) is 0 Å². The molecule has 13 rings (SSSR count). The van der Waals surface area contributed by atoms with E-state index in [1.165, 1.54) is 25.7 Å². The summed E-state index contributed by atoms with van der Waals surface area (Å²) in [7, 11) is 0. The van der Waals surface area contributed by atoms with E-state index in [-0.39, 0.29) is 153 Å². The number of carboxylic acids is 3. The average Bonchev–Trinajstić information content (AvgIpc) is 1.36. The maximum atomic E-state index is 14.8. The number of aliphatic carboxylic acids is 3. The van der Waals surface area contributed by atoms with Crippen LogP contribution in [-0.4, -0.2) is 152 Å². The van der Waals surface area contributed by atoms with Crippen molar-refractivity contribution < 1.29 is 79.1 Å². The van der Waals surface area contributed by atoms with Crippen LogP contribution < -0.4 is 16.0 Å². The number of amides is 3. The van der Waals surface area contributed by atoms with Gasteiger partial charge in [-0.2, -0.15) is 0 Å². The van der Waals surface area contributed by atoms with E-state index in [1.807, 2.05) is 20.8 Å². The molecule has 0 radical (unpaired) electrons. The van der Waals surface area contributed by atoms with Crippen LogP contribution in [0.2, 0.25) is 0 Å². The van der Waals surface area contributed by atoms with Crippen molar-refractivity contribution >= 4 is 35.6 Å². The van der Waals surface area contributed by atoms with Crippen LogP contribution in [0.4, 0.5) is 0 Å². The molecule has 19 nitrogen and oxygen atoms in total. The minimum Gasteiger partial charge on any atom is -0.481 e. The number of hydrogen-bond acceptors (Lipinski definition) is 13. The van der Waals surface area contributed by atoms with E-state index in [9.17, 15) is 69.6 Å². The first-order valence-corrected chi connectivity index (χ1v) is 50.9. The fraction of sp³-hybridized carbons (Fsp3) is 0.942. The van der Waals surface area contributed by atoms with Gasteiger partial charge in [-0.05, 0) is 357 Å². The number of unbranched alkanes of at least 4 members (excludes halogenated alkanes) is 10. The van der Waals surface area contributed by atoms with Crippen LogP contribution in [0.1, 0.15) is 372 Å². The normalized spacial score (nSPS) is 45.1. The zero-order valence-electron chi connectivity index (χ0n) is 78.2. The highest BCUT2D eigenvalue weighted by atomic mass is 16.5. The fourth-order valence-corrected chi connectivity index (χ4v) is 34.0. The molecule has 0 aromatic rings. The fourth-order valence-electron chi connectivity index (χ4n) is 34.0. The lowest BCUT2D eigenvalue weighted by Gasteiger charge is -2.64. The predicted molar refractivity (Wildman–Crippen MR) is 476 cm³/mol. The van der Waals surface area contributed by atoms with Crippen LogP contribution >= 0.6 is 0 Å². The number of ether oxygens (including phenoxy) is 2. The lowest BCUT2D eigenvalue weighted by atomic mass is 9.42. The average molecular weight is 1710 g/mol. The Labute approximate surface area is 735 Å². The Kier molecular flexibility index (Phi) is 31.0. The molecule has 11 N–H and O–H groups in total. The highest BCUT2D eigenvalue weighted by Crippen LogP contribution is 2.73. The van der Waals surface area contributed by atoms with Gasteiger partial charge in [0.2, 0.25) is 17.7 Å². The first-order chi connectivity index (χ1) is 57.8. The van der Waals surface area contributed by atoms with Crippen molar-refractivity contribution in [2.75, 3.05) is 32.8 Å². The molecule has 6 unspecified atom stereocenters. The molecule has 696 valence electrons. The summed E-state index contributed by atoms with van der Waals surface area (Å²) in [5.74, 6) is 4.04. The summed E-state index contributed by atoms with van der Waals surface area (Å²) >= 11 is 0. The van der Waals surface area contributed by atoms with Gasteiger partial charge in [-0.15, -0.1) is 0 Å². The Morgan fingerprint density at radius 2 is 0.697 bits per heavy atom. The number of nitrogens with one attached hydrogen (secondary N) is 3. The molecule has 3 amide bonds. The van der Waals surface area contributed by atoms with Crippen LogP contribution in [0.25, 0.3) is 0 Å². The number of aliphatic hydroxyl groups excluding tert-OH is 5. The molecule has 0 bridgehead atoms. The third-order valence-corrected chi connectivity index (χ3v) is 40.6. The van der Waals surface area contributed by atoms with Crippen LogP contribution in [0, 0.1) is 161 Å². The van der Waals surface area contributed by atoms with E-state index >= 15 is 0 Å². The molecule has 122 heavy (non-hydrogen) atoms. The maximum absolute atomic E-state index is 14.8. The van der Waals surface area contributed by atoms with Crippen LogP contribution in [-0.2, 0) is 38.2 Å². The molecule has 0 aromatic carbocycles. The van der Waals surface area contributed by atoms with Gasteiger partial charge >= 0.3 is 17.9 Å². The number of rotatable bonds is 39. The van der Waals surface area contributed by atoms with E-state index in [2.05, 4.69) is 78.3 Å². The third-order valence-electron chi connectivity index (χ3n) is 40.6. The van der Waals surface area contributed by atoms with E-state index in [0.29, 0.717) is 124 Å². The number of carbonyl (C=O) groups is 6. The first kappa shape index (κ1) is 96.1. The standard InChI is InChI=1S/C103H173N3O16/c1-63(27-38-87(112)113)73-32-35-76-72-31-30-67-53-70(42-45-98(67,7)79(72)57-84(109)101(73,76)10)121-50-24-18-16-22-48-105-93(119)96(5)60-95(4,92(118)104-47-21-15-13-14-20-26-66-41-44-99(8)68(52-66)55-82(107)90-77-36-33-74(64(2)28-39-88(114)115)102(77,11)85(110)58-80(90)99)61-97(6,62-96)94(120)106-49-23-17-19-25-51-122-71-43-46-100(9)69(54-71)56-83(108)91-78-37-34-75(65(3)29-40-89(116)117)103(78,12)86(111)59-81(91)100/h63-86,90-91,107-111H,13-62H2,1-12H3,(H,104,118)(H,105,119)(H,106,120)(H,112,113)(H,114,115)(H,116,117)/t63-,64-,65-,66?,67-,68+,69+,70+,71+,72+,73-,74-,75-,76+,77+,78+,79?,80?,81+,82-,83-,84+,85+,86+,90+,91+,95?,96?,97?,98+,99+,100+,101-,102-,103-/m1/s1. The van der Waals surface area contributed by atoms with Gasteiger partial charge < -0.3 is 66.3 Å². The van der Waals surface area contributed by atoms with E-state index in [4.69, 9.17) is 9.47 Å². The summed E-state index contributed by atoms with van der Waals surface area (Å²) in [6, 6.07) is 0. The quantitative estimate of drug-likeness (QED) is 0.0255. The molecular formula is C103H173N3O16. The minimum atomic E-state index is -0.973. The summed E-state index contributed by atoms with van der Waals surface area (Å²) < 4.78 is 13.3. The lowest BCUT2D eigenvalue weighted by Crippen LogP contribution is -2.62. The largest absolute Gasteiger partial charge is 0.481 e. The van der Waals surface area contributed by atoms with Gasteiger partial charge in [0.25, 0.3) is 0 Å². The van der Waals surface area contributed by atoms with Gasteiger partial charge in [-0.1, -0.05) is 141 Å². The number of aliphatic hydroxyl groups is 5. The van der Waals surface area contributed by atoms with Gasteiger partial charge in [-0.3, -0.25) is 28.8 Å². The maximum Gasteiger partial charge on any atom is 0.303 e. The molecule has 0 heterocycles. The monoisotopic (exact) mass is 1710 g/mol. The topological polar surface area (TPSA) is 319 Å². The highest BCUT2D eigenvalue weighted by molar-refractivity contribution is 5.90. The summed E-state index contributed by atoms with van der Waals surface area (Å²) in [6.07, 6.45) is 37.8. The Hall–Kier alpha value is -3.46. The van der Waals surface area contributed by atoms with Crippen molar-refractivity contribution in [1.82, 2.24) is 16.0 Å². The van der Waals surface area contributed by atoms with Gasteiger partial charge in [0, 0.05) is 68.4 Å². The van der Waals surface area contributed by atoms with Crippen molar-refractivity contribution in [2.45, 2.75) is 415 Å². The second kappa shape index (κ2) is 39.3. The Morgan fingerprint density at radius 3 is 1.11 bits per heavy atom. The lowest BCUT2D eigenvalue weighted by molar-refractivity contribution is -0.209. The van der Waals surface area contributed by atoms with Crippen LogP contribution in [0.15, 0.2) is 0 Å². The number of hydrogen-bond donors (Lipinski definition) is 11.